The number of nitrogens with one attached hydrogen (secondary N) is 1. The Balaban J connectivity index is 1.55. The number of methoxy groups -OCH3 is 2. The monoisotopic (exact) mass is 450 g/mol. The van der Waals surface area contributed by atoms with E-state index in [1.165, 1.54) is 0 Å². The van der Waals surface area contributed by atoms with Crippen molar-refractivity contribution >= 4 is 5.91 Å². The van der Waals surface area contributed by atoms with Gasteiger partial charge in [-0.3, -0.25) is 9.69 Å². The van der Waals surface area contributed by atoms with E-state index in [-0.39, 0.29) is 5.91 Å². The number of morpholine rings is 1. The van der Waals surface area contributed by atoms with Gasteiger partial charge >= 0.3 is 0 Å². The van der Waals surface area contributed by atoms with Gasteiger partial charge < -0.3 is 19.5 Å². The van der Waals surface area contributed by atoms with Crippen LogP contribution in [-0.2, 0) is 4.74 Å². The van der Waals surface area contributed by atoms with E-state index < -0.39 is 0 Å². The molecule has 2 aromatic carbocycles. The molecule has 0 atom stereocenters. The third-order valence-corrected chi connectivity index (χ3v) is 5.68. The summed E-state index contributed by atoms with van der Waals surface area (Å²) in [5.74, 6) is 1.03. The highest BCUT2D eigenvalue weighted by Crippen LogP contribution is 2.34. The zero-order valence-electron chi connectivity index (χ0n) is 19.1. The summed E-state index contributed by atoms with van der Waals surface area (Å²) in [6.45, 7) is 4.96. The number of carbonyl (C=O) groups is 1. The third kappa shape index (κ3) is 5.53. The zero-order chi connectivity index (χ0) is 23.0. The maximum absolute atomic E-state index is 13.1. The van der Waals surface area contributed by atoms with Crippen LogP contribution in [0.3, 0.4) is 0 Å². The largest absolute Gasteiger partial charge is 0.493 e. The Morgan fingerprint density at radius 3 is 2.55 bits per heavy atom. The van der Waals surface area contributed by atoms with Crippen molar-refractivity contribution in [2.24, 2.45) is 0 Å². The first kappa shape index (κ1) is 22.8. The average molecular weight is 451 g/mol. The van der Waals surface area contributed by atoms with Gasteiger partial charge in [0.15, 0.2) is 17.2 Å². The molecule has 33 heavy (non-hydrogen) atoms. The minimum atomic E-state index is -0.198. The van der Waals surface area contributed by atoms with Gasteiger partial charge in [0, 0.05) is 31.4 Å². The number of benzene rings is 2. The zero-order valence-corrected chi connectivity index (χ0v) is 19.1. The molecule has 174 valence electrons. The summed E-state index contributed by atoms with van der Waals surface area (Å²) in [6, 6.07) is 15.3. The van der Waals surface area contributed by atoms with Gasteiger partial charge in [-0.25, -0.2) is 4.68 Å². The molecule has 1 aliphatic rings. The van der Waals surface area contributed by atoms with E-state index in [0.717, 1.165) is 56.1 Å². The Kier molecular flexibility index (Phi) is 7.59. The number of ether oxygens (including phenoxy) is 3. The van der Waals surface area contributed by atoms with Gasteiger partial charge in [-0.2, -0.15) is 5.10 Å². The maximum atomic E-state index is 13.1. The Morgan fingerprint density at radius 2 is 1.82 bits per heavy atom. The summed E-state index contributed by atoms with van der Waals surface area (Å²) in [5, 5.41) is 7.67. The van der Waals surface area contributed by atoms with E-state index in [1.807, 2.05) is 54.7 Å². The van der Waals surface area contributed by atoms with Crippen LogP contribution in [0.25, 0.3) is 16.8 Å². The Morgan fingerprint density at radius 1 is 1.06 bits per heavy atom. The fourth-order valence-electron chi connectivity index (χ4n) is 3.88. The Hall–Kier alpha value is -3.36. The maximum Gasteiger partial charge on any atom is 0.272 e. The molecule has 0 saturated carbocycles. The molecule has 8 nitrogen and oxygen atoms in total. The van der Waals surface area contributed by atoms with Crippen molar-refractivity contribution in [2.45, 2.75) is 6.42 Å². The lowest BCUT2D eigenvalue weighted by Gasteiger charge is -2.26. The lowest BCUT2D eigenvalue weighted by Crippen LogP contribution is -2.38. The summed E-state index contributed by atoms with van der Waals surface area (Å²) in [5.41, 5.74) is 2.81. The highest BCUT2D eigenvalue weighted by atomic mass is 16.5. The van der Waals surface area contributed by atoms with Crippen LogP contribution < -0.4 is 14.8 Å². The molecule has 1 amide bonds. The number of hydrogen-bond donors (Lipinski definition) is 1. The number of rotatable bonds is 9. The van der Waals surface area contributed by atoms with Crippen molar-refractivity contribution in [3.63, 3.8) is 0 Å². The predicted octanol–water partition coefficient (Wildman–Crippen LogP) is 3.01. The SMILES string of the molecule is COc1ccc(-c2cn(-c3ccccc3)nc2C(=O)NCCCN2CCOCC2)cc1OC. The number of nitrogens with zero attached hydrogens (tertiary/aromatic N) is 3. The molecule has 8 heteroatoms. The summed E-state index contributed by atoms with van der Waals surface area (Å²) in [6.07, 6.45) is 2.75. The van der Waals surface area contributed by atoms with Gasteiger partial charge in [-0.1, -0.05) is 24.3 Å². The molecule has 0 unspecified atom stereocenters. The third-order valence-electron chi connectivity index (χ3n) is 5.68. The molecule has 2 heterocycles. The molecule has 0 bridgehead atoms. The van der Waals surface area contributed by atoms with Crippen molar-refractivity contribution in [1.82, 2.24) is 20.0 Å². The number of para-hydroxylation sites is 1. The fraction of sp³-hybridized carbons (Fsp3) is 0.360. The van der Waals surface area contributed by atoms with Gasteiger partial charge in [0.05, 0.1) is 33.1 Å². The van der Waals surface area contributed by atoms with Gasteiger partial charge in [0.1, 0.15) is 0 Å². The number of amides is 1. The highest BCUT2D eigenvalue weighted by Gasteiger charge is 2.20. The highest BCUT2D eigenvalue weighted by molar-refractivity contribution is 5.99. The number of carbonyl (C=O) groups excluding carboxylic acids is 1. The van der Waals surface area contributed by atoms with E-state index in [1.54, 1.807) is 18.9 Å². The van der Waals surface area contributed by atoms with Gasteiger partial charge in [0.2, 0.25) is 0 Å². The van der Waals surface area contributed by atoms with Crippen molar-refractivity contribution in [3.8, 4) is 28.3 Å². The van der Waals surface area contributed by atoms with Gasteiger partial charge in [-0.05, 0) is 42.8 Å². The van der Waals surface area contributed by atoms with Crippen molar-refractivity contribution < 1.29 is 19.0 Å². The van der Waals surface area contributed by atoms with Crippen LogP contribution in [0.15, 0.2) is 54.7 Å². The van der Waals surface area contributed by atoms with Crippen LogP contribution in [0, 0.1) is 0 Å². The molecule has 3 aromatic rings. The molecule has 1 fully saturated rings. The first-order valence-electron chi connectivity index (χ1n) is 11.2. The molecule has 0 radical (unpaired) electrons. The first-order valence-corrected chi connectivity index (χ1v) is 11.2. The standard InChI is InChI=1S/C25H30N4O4/c1-31-22-10-9-19(17-23(22)32-2)21-18-29(20-7-4-3-5-8-20)27-24(21)25(30)26-11-6-12-28-13-15-33-16-14-28/h3-5,7-10,17-18H,6,11-16H2,1-2H3,(H,26,30). The molecule has 0 spiro atoms. The lowest BCUT2D eigenvalue weighted by molar-refractivity contribution is 0.0374. The topological polar surface area (TPSA) is 77.9 Å². The van der Waals surface area contributed by atoms with Crippen LogP contribution in [0.2, 0.25) is 0 Å². The van der Waals surface area contributed by atoms with Crippen LogP contribution in [0.4, 0.5) is 0 Å². The summed E-state index contributed by atoms with van der Waals surface area (Å²) in [4.78, 5) is 15.5. The summed E-state index contributed by atoms with van der Waals surface area (Å²) >= 11 is 0. The second-order valence-corrected chi connectivity index (χ2v) is 7.80. The van der Waals surface area contributed by atoms with Crippen LogP contribution >= 0.6 is 0 Å². The molecule has 1 aliphatic heterocycles. The van der Waals surface area contributed by atoms with Gasteiger partial charge in [-0.15, -0.1) is 0 Å². The molecular weight excluding hydrogens is 420 g/mol. The minimum absolute atomic E-state index is 0.198. The number of hydrogen-bond acceptors (Lipinski definition) is 6. The Bertz CT molecular complexity index is 1060. The second-order valence-electron chi connectivity index (χ2n) is 7.80. The quantitative estimate of drug-likeness (QED) is 0.505. The van der Waals surface area contributed by atoms with Crippen LogP contribution in [0.5, 0.6) is 11.5 Å². The van der Waals surface area contributed by atoms with E-state index >= 15 is 0 Å². The predicted molar refractivity (Wildman–Crippen MR) is 126 cm³/mol. The van der Waals surface area contributed by atoms with E-state index in [4.69, 9.17) is 14.2 Å². The average Bonchev–Trinajstić information content (AvgIpc) is 3.33. The molecule has 4 rings (SSSR count). The normalized spacial score (nSPS) is 14.1. The van der Waals surface area contributed by atoms with E-state index in [0.29, 0.717) is 23.7 Å². The lowest BCUT2D eigenvalue weighted by atomic mass is 10.1. The van der Waals surface area contributed by atoms with E-state index in [9.17, 15) is 4.79 Å². The van der Waals surface area contributed by atoms with Crippen molar-refractivity contribution in [1.29, 1.82) is 0 Å². The molecule has 1 saturated heterocycles. The first-order chi connectivity index (χ1) is 16.2. The summed E-state index contributed by atoms with van der Waals surface area (Å²) in [7, 11) is 3.19. The second kappa shape index (κ2) is 11.0. The van der Waals surface area contributed by atoms with Gasteiger partial charge in [0.25, 0.3) is 5.91 Å². The molecule has 0 aliphatic carbocycles. The number of aromatic nitrogens is 2. The van der Waals surface area contributed by atoms with Crippen molar-refractivity contribution in [3.05, 3.63) is 60.4 Å². The minimum Gasteiger partial charge on any atom is -0.493 e. The molecular formula is C25H30N4O4. The van der Waals surface area contributed by atoms with E-state index in [2.05, 4.69) is 15.3 Å². The smallest absolute Gasteiger partial charge is 0.272 e. The Labute approximate surface area is 194 Å². The fourth-order valence-corrected chi connectivity index (χ4v) is 3.88. The molecule has 1 aromatic heterocycles. The van der Waals surface area contributed by atoms with Crippen LogP contribution in [-0.4, -0.2) is 74.2 Å². The van der Waals surface area contributed by atoms with Crippen molar-refractivity contribution in [2.75, 3.05) is 53.6 Å². The van der Waals surface area contributed by atoms with Crippen LogP contribution in [0.1, 0.15) is 16.9 Å². The molecule has 1 N–H and O–H groups in total. The summed E-state index contributed by atoms with van der Waals surface area (Å²) < 4.78 is 17.9.